The molecule has 0 atom stereocenters. The van der Waals surface area contributed by atoms with Crippen LogP contribution in [0.1, 0.15) is 25.7 Å². The lowest BCUT2D eigenvalue weighted by Crippen LogP contribution is -2.44. The summed E-state index contributed by atoms with van der Waals surface area (Å²) < 4.78 is 39.9. The Morgan fingerprint density at radius 3 is 2.53 bits per heavy atom. The van der Waals surface area contributed by atoms with Gasteiger partial charge in [0, 0.05) is 31.3 Å². The van der Waals surface area contributed by atoms with E-state index in [1.165, 1.54) is 6.20 Å². The average Bonchev–Trinajstić information content (AvgIpc) is 2.76. The predicted molar refractivity (Wildman–Crippen MR) is 115 cm³/mol. The maximum atomic E-state index is 13.6. The standard InChI is InChI=1S/C20H26F3N7O2/c21-13-9-15(23)16(10-14(13)22)27-20(32)29-19-26-11-17(18(31)28-19)30-7-3-12(4-8-30)25-6-2-1-5-24/h9-12,25H,1-8,24H2,(H3,26,27,28,29,31,32). The van der Waals surface area contributed by atoms with Gasteiger partial charge in [0.2, 0.25) is 5.95 Å². The lowest BCUT2D eigenvalue weighted by atomic mass is 10.0. The molecule has 32 heavy (non-hydrogen) atoms. The molecule has 1 aliphatic rings. The first-order chi connectivity index (χ1) is 15.4. The molecule has 174 valence electrons. The number of amides is 2. The van der Waals surface area contributed by atoms with E-state index in [0.29, 0.717) is 43.5 Å². The Hall–Kier alpha value is -3.12. The van der Waals surface area contributed by atoms with Gasteiger partial charge in [-0.1, -0.05) is 0 Å². The van der Waals surface area contributed by atoms with Crippen molar-refractivity contribution >= 4 is 23.4 Å². The molecule has 1 fully saturated rings. The Bertz CT molecular complexity index is 994. The topological polar surface area (TPSA) is 128 Å². The molecule has 1 aromatic heterocycles. The maximum absolute atomic E-state index is 13.6. The first-order valence-corrected chi connectivity index (χ1v) is 10.4. The monoisotopic (exact) mass is 453 g/mol. The van der Waals surface area contributed by atoms with Crippen molar-refractivity contribution in [2.24, 2.45) is 5.73 Å². The van der Waals surface area contributed by atoms with Gasteiger partial charge in [-0.25, -0.2) is 22.9 Å². The van der Waals surface area contributed by atoms with Crippen molar-refractivity contribution in [1.82, 2.24) is 15.3 Å². The zero-order valence-electron chi connectivity index (χ0n) is 17.4. The first-order valence-electron chi connectivity index (χ1n) is 10.4. The Kier molecular flexibility index (Phi) is 8.06. The van der Waals surface area contributed by atoms with E-state index in [0.717, 1.165) is 32.2 Å². The van der Waals surface area contributed by atoms with Crippen LogP contribution in [0.3, 0.4) is 0 Å². The number of urea groups is 1. The second-order valence-corrected chi connectivity index (χ2v) is 7.48. The zero-order chi connectivity index (χ0) is 23.1. The first kappa shape index (κ1) is 23.5. The molecule has 1 aliphatic heterocycles. The number of unbranched alkanes of at least 4 members (excludes halogenated alkanes) is 1. The summed E-state index contributed by atoms with van der Waals surface area (Å²) in [4.78, 5) is 32.8. The van der Waals surface area contributed by atoms with E-state index in [1.54, 1.807) is 0 Å². The molecule has 12 heteroatoms. The number of hydrogen-bond donors (Lipinski definition) is 5. The summed E-state index contributed by atoms with van der Waals surface area (Å²) in [6.45, 7) is 2.97. The van der Waals surface area contributed by atoms with Crippen LogP contribution in [0.2, 0.25) is 0 Å². The molecule has 1 saturated heterocycles. The molecule has 0 radical (unpaired) electrons. The Labute approximate surface area is 182 Å². The third-order valence-electron chi connectivity index (χ3n) is 5.17. The summed E-state index contributed by atoms with van der Waals surface area (Å²) in [7, 11) is 0. The smallest absolute Gasteiger partial charge is 0.326 e. The number of H-pyrrole nitrogens is 1. The van der Waals surface area contributed by atoms with Crippen LogP contribution >= 0.6 is 0 Å². The lowest BCUT2D eigenvalue weighted by molar-refractivity contribution is 0.262. The Morgan fingerprint density at radius 1 is 1.12 bits per heavy atom. The second kappa shape index (κ2) is 11.0. The maximum Gasteiger partial charge on any atom is 0.326 e. The van der Waals surface area contributed by atoms with Crippen LogP contribution in [0, 0.1) is 17.5 Å². The van der Waals surface area contributed by atoms with E-state index in [2.05, 4.69) is 20.6 Å². The van der Waals surface area contributed by atoms with Crippen molar-refractivity contribution in [3.63, 3.8) is 0 Å². The number of nitrogens with one attached hydrogen (secondary N) is 4. The van der Waals surface area contributed by atoms with Crippen LogP contribution in [-0.4, -0.2) is 48.2 Å². The number of benzene rings is 1. The molecule has 2 aromatic rings. The van der Waals surface area contributed by atoms with Crippen LogP contribution in [0.15, 0.2) is 23.1 Å². The SMILES string of the molecule is NCCCCNC1CCN(c2cnc(NC(=O)Nc3cc(F)c(F)cc3F)[nH]c2=O)CC1. The van der Waals surface area contributed by atoms with Crippen molar-refractivity contribution in [3.8, 4) is 0 Å². The number of hydrogen-bond acceptors (Lipinski definition) is 6. The number of nitrogens with two attached hydrogens (primary N) is 1. The van der Waals surface area contributed by atoms with Gasteiger partial charge in [-0.05, 0) is 38.8 Å². The van der Waals surface area contributed by atoms with Gasteiger partial charge in [0.1, 0.15) is 11.5 Å². The number of carbonyl (C=O) groups excluding carboxylic acids is 1. The van der Waals surface area contributed by atoms with Crippen LogP contribution in [0.25, 0.3) is 0 Å². The molecule has 0 saturated carbocycles. The molecule has 0 aliphatic carbocycles. The van der Waals surface area contributed by atoms with Gasteiger partial charge in [0.05, 0.1) is 11.9 Å². The quantitative estimate of drug-likeness (QED) is 0.308. The summed E-state index contributed by atoms with van der Waals surface area (Å²) in [5.41, 5.74) is 4.87. The molecule has 0 spiro atoms. The number of aromatic amines is 1. The molecule has 6 N–H and O–H groups in total. The Morgan fingerprint density at radius 2 is 1.84 bits per heavy atom. The summed E-state index contributed by atoms with van der Waals surface area (Å²) in [5, 5.41) is 7.76. The largest absolute Gasteiger partial charge is 0.366 e. The van der Waals surface area contributed by atoms with E-state index in [4.69, 9.17) is 5.73 Å². The van der Waals surface area contributed by atoms with Crippen molar-refractivity contribution in [2.75, 3.05) is 41.7 Å². The molecule has 9 nitrogen and oxygen atoms in total. The number of halogens is 3. The molecule has 2 amide bonds. The van der Waals surface area contributed by atoms with Crippen molar-refractivity contribution in [2.45, 2.75) is 31.7 Å². The third kappa shape index (κ3) is 6.20. The zero-order valence-corrected chi connectivity index (χ0v) is 17.4. The summed E-state index contributed by atoms with van der Waals surface area (Å²) >= 11 is 0. The van der Waals surface area contributed by atoms with Gasteiger partial charge in [0.25, 0.3) is 5.56 Å². The number of aromatic nitrogens is 2. The van der Waals surface area contributed by atoms with Gasteiger partial charge in [-0.15, -0.1) is 0 Å². The summed E-state index contributed by atoms with van der Waals surface area (Å²) in [6.07, 6.45) is 5.13. The third-order valence-corrected chi connectivity index (χ3v) is 5.17. The fraction of sp³-hybridized carbons (Fsp3) is 0.450. The number of anilines is 3. The van der Waals surface area contributed by atoms with Crippen LogP contribution < -0.4 is 32.1 Å². The minimum atomic E-state index is -1.37. The molecule has 0 bridgehead atoms. The van der Waals surface area contributed by atoms with E-state index < -0.39 is 34.7 Å². The second-order valence-electron chi connectivity index (χ2n) is 7.48. The van der Waals surface area contributed by atoms with E-state index in [1.807, 2.05) is 10.2 Å². The normalized spacial score (nSPS) is 14.4. The van der Waals surface area contributed by atoms with Crippen LogP contribution in [0.5, 0.6) is 0 Å². The highest BCUT2D eigenvalue weighted by atomic mass is 19.2. The number of carbonyl (C=O) groups is 1. The predicted octanol–water partition coefficient (Wildman–Crippen LogP) is 2.13. The van der Waals surface area contributed by atoms with Gasteiger partial charge in [0.15, 0.2) is 11.6 Å². The van der Waals surface area contributed by atoms with E-state index in [9.17, 15) is 22.8 Å². The van der Waals surface area contributed by atoms with E-state index >= 15 is 0 Å². The van der Waals surface area contributed by atoms with Gasteiger partial charge < -0.3 is 21.3 Å². The highest BCUT2D eigenvalue weighted by Gasteiger charge is 2.21. The van der Waals surface area contributed by atoms with E-state index in [-0.39, 0.29) is 5.95 Å². The van der Waals surface area contributed by atoms with Crippen molar-refractivity contribution < 1.29 is 18.0 Å². The fourth-order valence-corrected chi connectivity index (χ4v) is 3.46. The number of nitrogens with zero attached hydrogens (tertiary/aromatic N) is 2. The minimum Gasteiger partial charge on any atom is -0.366 e. The number of piperidine rings is 1. The highest BCUT2D eigenvalue weighted by molar-refractivity contribution is 5.98. The van der Waals surface area contributed by atoms with Crippen LogP contribution in [-0.2, 0) is 0 Å². The molecule has 0 unspecified atom stereocenters. The molecule has 2 heterocycles. The number of rotatable bonds is 8. The summed E-state index contributed by atoms with van der Waals surface area (Å²) in [5.74, 6) is -4.00. The van der Waals surface area contributed by atoms with Gasteiger partial charge in [-0.2, -0.15) is 0 Å². The molecule has 3 rings (SSSR count). The van der Waals surface area contributed by atoms with Gasteiger partial charge >= 0.3 is 6.03 Å². The Balaban J connectivity index is 1.54. The highest BCUT2D eigenvalue weighted by Crippen LogP contribution is 2.19. The van der Waals surface area contributed by atoms with Crippen molar-refractivity contribution in [3.05, 3.63) is 46.1 Å². The average molecular weight is 453 g/mol. The minimum absolute atomic E-state index is 0.171. The van der Waals surface area contributed by atoms with Crippen LogP contribution in [0.4, 0.5) is 35.3 Å². The molecular weight excluding hydrogens is 427 g/mol. The van der Waals surface area contributed by atoms with Gasteiger partial charge in [-0.3, -0.25) is 15.1 Å². The molecular formula is C20H26F3N7O2. The molecule has 1 aromatic carbocycles. The van der Waals surface area contributed by atoms with Crippen molar-refractivity contribution in [1.29, 1.82) is 0 Å². The summed E-state index contributed by atoms with van der Waals surface area (Å²) in [6, 6.07) is 0.239. The lowest BCUT2D eigenvalue weighted by Gasteiger charge is -2.33. The fourth-order valence-electron chi connectivity index (χ4n) is 3.46.